The second-order valence-electron chi connectivity index (χ2n) is 9.18. The number of likely N-dealkylation sites (tertiary alicyclic amines) is 1. The number of rotatable bonds is 8. The second kappa shape index (κ2) is 11.8. The van der Waals surface area contributed by atoms with Crippen LogP contribution < -0.4 is 14.8 Å². The van der Waals surface area contributed by atoms with Crippen molar-refractivity contribution in [1.29, 1.82) is 0 Å². The molecule has 1 fully saturated rings. The van der Waals surface area contributed by atoms with Gasteiger partial charge in [0, 0.05) is 38.4 Å². The third-order valence-electron chi connectivity index (χ3n) is 6.71. The highest BCUT2D eigenvalue weighted by Gasteiger charge is 2.31. The summed E-state index contributed by atoms with van der Waals surface area (Å²) < 4.78 is 11.6. The van der Waals surface area contributed by atoms with Gasteiger partial charge in [0.25, 0.3) is 0 Å². The highest BCUT2D eigenvalue weighted by molar-refractivity contribution is 6.32. The Kier molecular flexibility index (Phi) is 8.58. The largest absolute Gasteiger partial charge is 0.489 e. The number of halogens is 1. The van der Waals surface area contributed by atoms with E-state index in [2.05, 4.69) is 35.3 Å². The highest BCUT2D eigenvalue weighted by Crippen LogP contribution is 2.38. The number of carbonyl (C=O) groups is 1. The fourth-order valence-electron chi connectivity index (χ4n) is 5.01. The number of amides is 1. The molecule has 35 heavy (non-hydrogen) atoms. The number of fused-ring (bicyclic) bond motifs is 1. The van der Waals surface area contributed by atoms with E-state index in [0.29, 0.717) is 36.3 Å². The molecule has 0 aliphatic carbocycles. The number of para-hydroxylation sites is 1. The van der Waals surface area contributed by atoms with Crippen LogP contribution >= 0.6 is 11.6 Å². The van der Waals surface area contributed by atoms with Gasteiger partial charge in [-0.3, -0.25) is 9.69 Å². The number of anilines is 1. The van der Waals surface area contributed by atoms with Crippen molar-refractivity contribution in [2.45, 2.75) is 46.2 Å². The lowest BCUT2D eigenvalue weighted by atomic mass is 10.0. The summed E-state index contributed by atoms with van der Waals surface area (Å²) in [6.45, 7) is 8.25. The quantitative estimate of drug-likeness (QED) is 0.522. The molecule has 1 unspecified atom stereocenters. The van der Waals surface area contributed by atoms with Gasteiger partial charge >= 0.3 is 0 Å². The first-order chi connectivity index (χ1) is 17.0. The van der Waals surface area contributed by atoms with Crippen LogP contribution in [0.1, 0.15) is 43.4 Å². The number of ether oxygens (including phenoxy) is 2. The van der Waals surface area contributed by atoms with E-state index in [-0.39, 0.29) is 11.8 Å². The summed E-state index contributed by atoms with van der Waals surface area (Å²) in [6, 6.07) is 10.3. The van der Waals surface area contributed by atoms with Crippen molar-refractivity contribution >= 4 is 23.2 Å². The van der Waals surface area contributed by atoms with Gasteiger partial charge < -0.3 is 19.7 Å². The van der Waals surface area contributed by atoms with Crippen LogP contribution in [0.15, 0.2) is 42.6 Å². The normalized spacial score (nSPS) is 18.0. The Morgan fingerprint density at radius 3 is 2.83 bits per heavy atom. The molecule has 1 amide bonds. The fourth-order valence-corrected chi connectivity index (χ4v) is 5.30. The van der Waals surface area contributed by atoms with Crippen molar-refractivity contribution in [3.63, 3.8) is 0 Å². The van der Waals surface area contributed by atoms with Crippen LogP contribution in [0.4, 0.5) is 5.69 Å². The monoisotopic (exact) mass is 497 g/mol. The molecule has 1 atom stereocenters. The van der Waals surface area contributed by atoms with Crippen molar-refractivity contribution in [2.75, 3.05) is 38.7 Å². The average Bonchev–Trinajstić information content (AvgIpc) is 3.19. The molecule has 0 spiro atoms. The van der Waals surface area contributed by atoms with Crippen LogP contribution in [-0.2, 0) is 24.3 Å². The zero-order valence-corrected chi connectivity index (χ0v) is 21.7. The van der Waals surface area contributed by atoms with Crippen LogP contribution in [0.3, 0.4) is 0 Å². The molecule has 1 N–H and O–H groups in total. The number of carbonyl (C=O) groups excluding carboxylic acids is 1. The van der Waals surface area contributed by atoms with E-state index in [1.165, 1.54) is 16.8 Å². The number of hydrogen-bond donors (Lipinski definition) is 1. The van der Waals surface area contributed by atoms with Crippen molar-refractivity contribution in [3.8, 4) is 11.5 Å². The molecule has 6 nitrogen and oxygen atoms in total. The van der Waals surface area contributed by atoms with E-state index in [1.807, 2.05) is 38.4 Å². The lowest BCUT2D eigenvalue weighted by molar-refractivity contribution is -0.133. The molecule has 7 heteroatoms. The van der Waals surface area contributed by atoms with E-state index >= 15 is 0 Å². The van der Waals surface area contributed by atoms with Gasteiger partial charge in [-0.2, -0.15) is 0 Å². The standard InChI is InChI=1S/C28H36ClN3O3/c1-4-11-32(17-20-15-24(29)27-25(16-20)34-13-7-14-35-27)28(33)23-10-12-31(19-23)18-22-9-6-8-21(5-2)26(22)30-3/h4,6,8-9,11,15-16,23,30H,5,7,10,12-14,17-19H2,1-3H3. The SMILES string of the molecule is CC=CN(Cc1cc(Cl)c2c(c1)OCCCO2)C(=O)C1CCN(Cc2cccc(CC)c2NC)C1. The van der Waals surface area contributed by atoms with E-state index in [9.17, 15) is 4.79 Å². The van der Waals surface area contributed by atoms with Crippen molar-refractivity contribution in [1.82, 2.24) is 9.80 Å². The average molecular weight is 498 g/mol. The number of allylic oxidation sites excluding steroid dienone is 1. The number of benzene rings is 2. The molecule has 0 radical (unpaired) electrons. The summed E-state index contributed by atoms with van der Waals surface area (Å²) in [5.41, 5.74) is 4.75. The zero-order valence-electron chi connectivity index (χ0n) is 21.0. The number of nitrogens with zero attached hydrogens (tertiary/aromatic N) is 2. The Morgan fingerprint density at radius 2 is 2.06 bits per heavy atom. The molecular formula is C28H36ClN3O3. The predicted molar refractivity (Wildman–Crippen MR) is 141 cm³/mol. The Balaban J connectivity index is 1.44. The molecule has 0 saturated carbocycles. The van der Waals surface area contributed by atoms with Crippen molar-refractivity contribution < 1.29 is 14.3 Å². The highest BCUT2D eigenvalue weighted by atomic mass is 35.5. The van der Waals surface area contributed by atoms with Gasteiger partial charge in [0.2, 0.25) is 5.91 Å². The minimum Gasteiger partial charge on any atom is -0.489 e. The molecule has 2 aromatic rings. The van der Waals surface area contributed by atoms with Crippen molar-refractivity contribution in [2.24, 2.45) is 5.92 Å². The predicted octanol–water partition coefficient (Wildman–Crippen LogP) is 5.49. The molecule has 1 saturated heterocycles. The van der Waals surface area contributed by atoms with E-state index < -0.39 is 0 Å². The van der Waals surface area contributed by atoms with Gasteiger partial charge in [0.05, 0.1) is 30.7 Å². The summed E-state index contributed by atoms with van der Waals surface area (Å²) in [5.74, 6) is 1.36. The van der Waals surface area contributed by atoms with Gasteiger partial charge in [0.1, 0.15) is 0 Å². The summed E-state index contributed by atoms with van der Waals surface area (Å²) in [5, 5.41) is 3.90. The molecule has 2 aliphatic heterocycles. The van der Waals surface area contributed by atoms with Crippen LogP contribution in [-0.4, -0.2) is 49.1 Å². The van der Waals surface area contributed by atoms with E-state index in [1.54, 1.807) is 4.90 Å². The molecule has 188 valence electrons. The Labute approximate surface area is 213 Å². The zero-order chi connectivity index (χ0) is 24.8. The lowest BCUT2D eigenvalue weighted by Gasteiger charge is -2.24. The second-order valence-corrected chi connectivity index (χ2v) is 9.59. The lowest BCUT2D eigenvalue weighted by Crippen LogP contribution is -2.33. The molecule has 2 aliphatic rings. The Hall–Kier alpha value is -2.70. The maximum absolute atomic E-state index is 13.5. The third kappa shape index (κ3) is 5.93. The summed E-state index contributed by atoms with van der Waals surface area (Å²) in [7, 11) is 1.98. The first-order valence-electron chi connectivity index (χ1n) is 12.6. The summed E-state index contributed by atoms with van der Waals surface area (Å²) in [6.07, 6.45) is 6.45. The molecule has 2 heterocycles. The first-order valence-corrected chi connectivity index (χ1v) is 12.9. The van der Waals surface area contributed by atoms with Gasteiger partial charge in [0.15, 0.2) is 11.5 Å². The number of hydrogen-bond acceptors (Lipinski definition) is 5. The maximum Gasteiger partial charge on any atom is 0.231 e. The molecule has 2 aromatic carbocycles. The molecule has 0 aromatic heterocycles. The fraction of sp³-hybridized carbons (Fsp3) is 0.464. The molecular weight excluding hydrogens is 462 g/mol. The number of nitrogens with one attached hydrogen (secondary N) is 1. The van der Waals surface area contributed by atoms with Crippen LogP contribution in [0, 0.1) is 5.92 Å². The topological polar surface area (TPSA) is 54.0 Å². The summed E-state index contributed by atoms with van der Waals surface area (Å²) >= 11 is 6.49. The van der Waals surface area contributed by atoms with Gasteiger partial charge in [-0.15, -0.1) is 0 Å². The van der Waals surface area contributed by atoms with Crippen LogP contribution in [0.2, 0.25) is 5.02 Å². The van der Waals surface area contributed by atoms with Gasteiger partial charge in [-0.05, 0) is 55.1 Å². The van der Waals surface area contributed by atoms with Crippen molar-refractivity contribution in [3.05, 3.63) is 64.3 Å². The van der Waals surface area contributed by atoms with E-state index in [4.69, 9.17) is 21.1 Å². The smallest absolute Gasteiger partial charge is 0.231 e. The first kappa shape index (κ1) is 25.4. The van der Waals surface area contributed by atoms with Crippen LogP contribution in [0.5, 0.6) is 11.5 Å². The molecule has 4 rings (SSSR count). The number of aryl methyl sites for hydroxylation is 1. The maximum atomic E-state index is 13.5. The van der Waals surface area contributed by atoms with Gasteiger partial charge in [-0.25, -0.2) is 0 Å². The van der Waals surface area contributed by atoms with E-state index in [0.717, 1.165) is 44.5 Å². The molecule has 0 bridgehead atoms. The van der Waals surface area contributed by atoms with Crippen LogP contribution in [0.25, 0.3) is 0 Å². The Morgan fingerprint density at radius 1 is 1.26 bits per heavy atom. The minimum absolute atomic E-state index is 0.0329. The third-order valence-corrected chi connectivity index (χ3v) is 6.99. The van der Waals surface area contributed by atoms with Gasteiger partial charge in [-0.1, -0.05) is 42.8 Å². The Bertz CT molecular complexity index is 1070. The summed E-state index contributed by atoms with van der Waals surface area (Å²) in [4.78, 5) is 17.7. The minimum atomic E-state index is -0.0329.